The van der Waals surface area contributed by atoms with Gasteiger partial charge < -0.3 is 15.4 Å². The summed E-state index contributed by atoms with van der Waals surface area (Å²) in [5.74, 6) is -1.24. The van der Waals surface area contributed by atoms with E-state index in [1.807, 2.05) is 0 Å². The van der Waals surface area contributed by atoms with E-state index in [0.29, 0.717) is 17.1 Å². The van der Waals surface area contributed by atoms with Crippen molar-refractivity contribution in [3.8, 4) is 5.75 Å². The maximum absolute atomic E-state index is 12.8. The van der Waals surface area contributed by atoms with Crippen molar-refractivity contribution in [3.63, 3.8) is 0 Å². The zero-order valence-corrected chi connectivity index (χ0v) is 17.9. The van der Waals surface area contributed by atoms with Crippen molar-refractivity contribution < 1.29 is 22.7 Å². The number of ether oxygens (including phenoxy) is 1. The van der Waals surface area contributed by atoms with Crippen LogP contribution in [0.4, 0.5) is 11.4 Å². The van der Waals surface area contributed by atoms with Crippen molar-refractivity contribution in [1.29, 1.82) is 0 Å². The summed E-state index contributed by atoms with van der Waals surface area (Å²) in [5, 5.41) is 5.20. The van der Waals surface area contributed by atoms with Crippen LogP contribution < -0.4 is 15.4 Å². The fourth-order valence-corrected chi connectivity index (χ4v) is 5.39. The molecule has 2 aromatic rings. The van der Waals surface area contributed by atoms with Gasteiger partial charge >= 0.3 is 0 Å². The van der Waals surface area contributed by atoms with E-state index in [0.717, 1.165) is 4.90 Å². The molecule has 2 N–H and O–H groups in total. The van der Waals surface area contributed by atoms with Crippen LogP contribution in [0.25, 0.3) is 0 Å². The van der Waals surface area contributed by atoms with Gasteiger partial charge in [0, 0.05) is 10.8 Å². The first-order valence-corrected chi connectivity index (χ1v) is 11.5. The van der Waals surface area contributed by atoms with E-state index < -0.39 is 21.7 Å². The minimum Gasteiger partial charge on any atom is -0.495 e. The molecule has 0 spiro atoms. The normalized spacial score (nSPS) is 17.1. The number of sulfone groups is 1. The van der Waals surface area contributed by atoms with E-state index in [-0.39, 0.29) is 21.8 Å². The number of para-hydroxylation sites is 2. The first-order chi connectivity index (χ1) is 13.7. The minimum atomic E-state index is -3.73. The van der Waals surface area contributed by atoms with Crippen molar-refractivity contribution in [1.82, 2.24) is 0 Å². The molecule has 7 nitrogen and oxygen atoms in total. The molecule has 0 radical (unpaired) electrons. The lowest BCUT2D eigenvalue weighted by Crippen LogP contribution is -2.28. The van der Waals surface area contributed by atoms with E-state index >= 15 is 0 Å². The van der Waals surface area contributed by atoms with Gasteiger partial charge in [0.25, 0.3) is 0 Å². The Balaban J connectivity index is 1.74. The molecule has 1 aliphatic rings. The van der Waals surface area contributed by atoms with Crippen molar-refractivity contribution in [2.45, 2.75) is 28.9 Å². The van der Waals surface area contributed by atoms with E-state index in [1.165, 1.54) is 31.0 Å². The number of hydrogen-bond acceptors (Lipinski definition) is 6. The SMILES string of the molecule is COc1ccccc1NC(=O)[C@@H](C)CS(=O)(=O)c1ccc2c(c1)NC(=O)[C@@H](C)S2. The Kier molecular flexibility index (Phi) is 6.18. The summed E-state index contributed by atoms with van der Waals surface area (Å²) >= 11 is 1.38. The molecule has 0 fully saturated rings. The van der Waals surface area contributed by atoms with Crippen molar-refractivity contribution >= 4 is 44.8 Å². The third-order valence-corrected chi connectivity index (χ3v) is 7.61. The lowest BCUT2D eigenvalue weighted by Gasteiger charge is -2.22. The summed E-state index contributed by atoms with van der Waals surface area (Å²) in [6.07, 6.45) is 0. The van der Waals surface area contributed by atoms with Crippen molar-refractivity contribution in [3.05, 3.63) is 42.5 Å². The van der Waals surface area contributed by atoms with Crippen LogP contribution in [0.1, 0.15) is 13.8 Å². The molecular weight excluding hydrogens is 412 g/mol. The van der Waals surface area contributed by atoms with E-state index in [9.17, 15) is 18.0 Å². The molecule has 2 aromatic carbocycles. The quantitative estimate of drug-likeness (QED) is 0.724. The summed E-state index contributed by atoms with van der Waals surface area (Å²) in [7, 11) is -2.24. The van der Waals surface area contributed by atoms with Gasteiger partial charge in [0.15, 0.2) is 9.84 Å². The Labute approximate surface area is 174 Å². The molecule has 2 atom stereocenters. The largest absolute Gasteiger partial charge is 0.495 e. The Morgan fingerprint density at radius 3 is 2.72 bits per heavy atom. The van der Waals surface area contributed by atoms with Gasteiger partial charge in [-0.1, -0.05) is 19.1 Å². The number of anilines is 2. The lowest BCUT2D eigenvalue weighted by molar-refractivity contribution is -0.119. The number of carbonyl (C=O) groups is 2. The third kappa shape index (κ3) is 4.73. The summed E-state index contributed by atoms with van der Waals surface area (Å²) in [4.78, 5) is 25.3. The average Bonchev–Trinajstić information content (AvgIpc) is 2.68. The molecule has 0 bridgehead atoms. The zero-order valence-electron chi connectivity index (χ0n) is 16.3. The van der Waals surface area contributed by atoms with Gasteiger partial charge in [0.05, 0.1) is 34.4 Å². The maximum atomic E-state index is 12.8. The van der Waals surface area contributed by atoms with E-state index in [2.05, 4.69) is 10.6 Å². The number of rotatable bonds is 6. The second kappa shape index (κ2) is 8.46. The van der Waals surface area contributed by atoms with Crippen LogP contribution >= 0.6 is 11.8 Å². The second-order valence-electron chi connectivity index (χ2n) is 6.78. The summed E-state index contributed by atoms with van der Waals surface area (Å²) in [5.41, 5.74) is 0.956. The standard InChI is InChI=1S/C20H22N2O5S2/c1-12(19(23)21-15-6-4-5-7-17(15)27-3)11-29(25,26)14-8-9-18-16(10-14)22-20(24)13(2)28-18/h4-10,12-13H,11H2,1-3H3,(H,21,23)(H,22,24)/t12-,13+/m0/s1. The molecule has 0 saturated carbocycles. The monoisotopic (exact) mass is 434 g/mol. The Bertz CT molecular complexity index is 1050. The van der Waals surface area contributed by atoms with Crippen molar-refractivity contribution in [2.75, 3.05) is 23.5 Å². The van der Waals surface area contributed by atoms with Gasteiger partial charge in [0.2, 0.25) is 11.8 Å². The number of fused-ring (bicyclic) bond motifs is 1. The Hall–Kier alpha value is -2.52. The first-order valence-electron chi connectivity index (χ1n) is 8.99. The molecule has 154 valence electrons. The molecule has 0 aliphatic carbocycles. The van der Waals surface area contributed by atoms with Gasteiger partial charge in [-0.05, 0) is 37.3 Å². The van der Waals surface area contributed by atoms with Gasteiger partial charge in [-0.15, -0.1) is 11.8 Å². The number of nitrogens with one attached hydrogen (secondary N) is 2. The number of methoxy groups -OCH3 is 1. The molecule has 9 heteroatoms. The summed E-state index contributed by atoms with van der Waals surface area (Å²) in [6, 6.07) is 11.6. The van der Waals surface area contributed by atoms with Crippen LogP contribution in [0.15, 0.2) is 52.3 Å². The van der Waals surface area contributed by atoms with Gasteiger partial charge in [0.1, 0.15) is 5.75 Å². The molecule has 0 unspecified atom stereocenters. The predicted molar refractivity (Wildman–Crippen MR) is 113 cm³/mol. The number of hydrogen-bond donors (Lipinski definition) is 2. The van der Waals surface area contributed by atoms with Crippen LogP contribution in [0.5, 0.6) is 5.75 Å². The molecule has 29 heavy (non-hydrogen) atoms. The predicted octanol–water partition coefficient (Wildman–Crippen LogP) is 3.18. The first kappa shape index (κ1) is 21.2. The number of thioether (sulfide) groups is 1. The highest BCUT2D eigenvalue weighted by Gasteiger charge is 2.27. The molecule has 1 heterocycles. The highest BCUT2D eigenvalue weighted by molar-refractivity contribution is 8.01. The lowest BCUT2D eigenvalue weighted by atomic mass is 10.2. The molecule has 3 rings (SSSR count). The van der Waals surface area contributed by atoms with Crippen LogP contribution in [0, 0.1) is 5.92 Å². The van der Waals surface area contributed by atoms with Gasteiger partial charge in [-0.25, -0.2) is 8.42 Å². The number of carbonyl (C=O) groups excluding carboxylic acids is 2. The van der Waals surface area contributed by atoms with E-state index in [4.69, 9.17) is 4.74 Å². The molecule has 0 aromatic heterocycles. The maximum Gasteiger partial charge on any atom is 0.237 e. The fraction of sp³-hybridized carbons (Fsp3) is 0.300. The van der Waals surface area contributed by atoms with Crippen LogP contribution in [-0.2, 0) is 19.4 Å². The van der Waals surface area contributed by atoms with Crippen molar-refractivity contribution in [2.24, 2.45) is 5.92 Å². The topological polar surface area (TPSA) is 102 Å². The molecular formula is C20H22N2O5S2. The Morgan fingerprint density at radius 1 is 1.28 bits per heavy atom. The highest BCUT2D eigenvalue weighted by atomic mass is 32.2. The third-order valence-electron chi connectivity index (χ3n) is 4.52. The number of benzene rings is 2. The number of amides is 2. The highest BCUT2D eigenvalue weighted by Crippen LogP contribution is 2.37. The van der Waals surface area contributed by atoms with Crippen LogP contribution in [0.3, 0.4) is 0 Å². The molecule has 2 amide bonds. The van der Waals surface area contributed by atoms with Crippen LogP contribution in [0.2, 0.25) is 0 Å². The molecule has 1 aliphatic heterocycles. The second-order valence-corrected chi connectivity index (χ2v) is 10.2. The smallest absolute Gasteiger partial charge is 0.237 e. The average molecular weight is 435 g/mol. The fourth-order valence-electron chi connectivity index (χ4n) is 2.89. The van der Waals surface area contributed by atoms with Gasteiger partial charge in [-0.3, -0.25) is 9.59 Å². The summed E-state index contributed by atoms with van der Waals surface area (Å²) < 4.78 is 30.9. The molecule has 0 saturated heterocycles. The minimum absolute atomic E-state index is 0.0728. The van der Waals surface area contributed by atoms with Crippen LogP contribution in [-0.4, -0.2) is 38.3 Å². The Morgan fingerprint density at radius 2 is 2.00 bits per heavy atom. The zero-order chi connectivity index (χ0) is 21.2. The summed E-state index contributed by atoms with van der Waals surface area (Å²) in [6.45, 7) is 3.34. The van der Waals surface area contributed by atoms with Gasteiger partial charge in [-0.2, -0.15) is 0 Å². The van der Waals surface area contributed by atoms with E-state index in [1.54, 1.807) is 44.2 Å².